The van der Waals surface area contributed by atoms with Gasteiger partial charge < -0.3 is 15.7 Å². The van der Waals surface area contributed by atoms with Crippen LogP contribution in [0.3, 0.4) is 0 Å². The number of hydrogen-bond donors (Lipinski definition) is 2. The summed E-state index contributed by atoms with van der Waals surface area (Å²) >= 11 is 3.28. The van der Waals surface area contributed by atoms with Gasteiger partial charge in [0.1, 0.15) is 0 Å². The van der Waals surface area contributed by atoms with Crippen LogP contribution in [0.4, 0.5) is 5.69 Å². The minimum absolute atomic E-state index is 0.104. The Kier molecular flexibility index (Phi) is 5.15. The van der Waals surface area contributed by atoms with Gasteiger partial charge in [0.15, 0.2) is 0 Å². The molecule has 6 heteroatoms. The Hall–Kier alpha value is -1.56. The van der Waals surface area contributed by atoms with Crippen LogP contribution in [0.25, 0.3) is 0 Å². The first-order chi connectivity index (χ1) is 8.41. The van der Waals surface area contributed by atoms with Gasteiger partial charge in [-0.3, -0.25) is 9.59 Å². The van der Waals surface area contributed by atoms with Crippen molar-refractivity contribution in [3.05, 3.63) is 28.2 Å². The number of amides is 1. The van der Waals surface area contributed by atoms with E-state index in [0.717, 1.165) is 4.47 Å². The molecule has 0 saturated heterocycles. The molecule has 1 rings (SSSR count). The van der Waals surface area contributed by atoms with Crippen LogP contribution < -0.4 is 10.6 Å². The molecule has 0 radical (unpaired) electrons. The fraction of sp³-hybridized carbons (Fsp3) is 0.333. The number of primary amides is 1. The molecule has 0 aromatic heterocycles. The fourth-order valence-electron chi connectivity index (χ4n) is 1.63. The van der Waals surface area contributed by atoms with E-state index in [2.05, 4.69) is 15.9 Å². The second-order valence-electron chi connectivity index (χ2n) is 3.94. The first-order valence-corrected chi connectivity index (χ1v) is 6.23. The number of anilines is 1. The van der Waals surface area contributed by atoms with Crippen molar-refractivity contribution in [3.8, 4) is 0 Å². The van der Waals surface area contributed by atoms with Gasteiger partial charge in [0.2, 0.25) is 0 Å². The molecule has 0 bridgehead atoms. The topological polar surface area (TPSA) is 83.6 Å². The summed E-state index contributed by atoms with van der Waals surface area (Å²) in [4.78, 5) is 23.6. The molecule has 0 saturated carbocycles. The Morgan fingerprint density at radius 3 is 2.67 bits per heavy atom. The molecule has 0 aliphatic rings. The van der Waals surface area contributed by atoms with Crippen molar-refractivity contribution in [1.82, 2.24) is 0 Å². The zero-order valence-corrected chi connectivity index (χ0v) is 11.6. The van der Waals surface area contributed by atoms with Gasteiger partial charge in [-0.2, -0.15) is 0 Å². The van der Waals surface area contributed by atoms with Crippen LogP contribution in [-0.4, -0.2) is 30.6 Å². The van der Waals surface area contributed by atoms with Crippen molar-refractivity contribution in [2.75, 3.05) is 18.5 Å². The molecule has 18 heavy (non-hydrogen) atoms. The molecule has 0 unspecified atom stereocenters. The van der Waals surface area contributed by atoms with E-state index in [1.807, 2.05) is 11.0 Å². The van der Waals surface area contributed by atoms with Crippen molar-refractivity contribution < 1.29 is 14.7 Å². The van der Waals surface area contributed by atoms with Crippen molar-refractivity contribution in [2.24, 2.45) is 5.73 Å². The first kappa shape index (κ1) is 14.5. The van der Waals surface area contributed by atoms with Gasteiger partial charge in [0, 0.05) is 30.2 Å². The van der Waals surface area contributed by atoms with E-state index < -0.39 is 11.9 Å². The van der Waals surface area contributed by atoms with Gasteiger partial charge >= 0.3 is 5.97 Å². The molecule has 0 heterocycles. The summed E-state index contributed by atoms with van der Waals surface area (Å²) in [5.74, 6) is -1.33. The molecular weight excluding hydrogens is 300 g/mol. The number of benzene rings is 1. The summed E-state index contributed by atoms with van der Waals surface area (Å²) in [6.45, 7) is 0.550. The molecule has 5 nitrogen and oxygen atoms in total. The maximum Gasteiger partial charge on any atom is 0.303 e. The van der Waals surface area contributed by atoms with Crippen molar-refractivity contribution in [2.45, 2.75) is 12.8 Å². The van der Waals surface area contributed by atoms with E-state index >= 15 is 0 Å². The third-order valence-corrected chi connectivity index (χ3v) is 3.01. The number of nitrogens with two attached hydrogens (primary N) is 1. The van der Waals surface area contributed by atoms with Crippen LogP contribution in [0.2, 0.25) is 0 Å². The Bertz CT molecular complexity index is 463. The molecule has 98 valence electrons. The van der Waals surface area contributed by atoms with E-state index in [0.29, 0.717) is 24.2 Å². The highest BCUT2D eigenvalue weighted by molar-refractivity contribution is 9.10. The maximum atomic E-state index is 11.3. The smallest absolute Gasteiger partial charge is 0.303 e. The minimum Gasteiger partial charge on any atom is -0.481 e. The van der Waals surface area contributed by atoms with Crippen LogP contribution in [0.5, 0.6) is 0 Å². The van der Waals surface area contributed by atoms with Crippen molar-refractivity contribution >= 4 is 33.5 Å². The fourth-order valence-corrected chi connectivity index (χ4v) is 1.99. The third-order valence-electron chi connectivity index (χ3n) is 2.52. The molecule has 1 amide bonds. The predicted molar refractivity (Wildman–Crippen MR) is 72.8 cm³/mol. The Balaban J connectivity index is 2.81. The summed E-state index contributed by atoms with van der Waals surface area (Å²) in [5, 5.41) is 8.58. The summed E-state index contributed by atoms with van der Waals surface area (Å²) < 4.78 is 0.777. The lowest BCUT2D eigenvalue weighted by Crippen LogP contribution is -2.23. The van der Waals surface area contributed by atoms with Gasteiger partial charge in [0.05, 0.1) is 5.56 Å². The quantitative estimate of drug-likeness (QED) is 0.839. The van der Waals surface area contributed by atoms with Crippen LogP contribution >= 0.6 is 15.9 Å². The lowest BCUT2D eigenvalue weighted by molar-refractivity contribution is -0.137. The standard InChI is InChI=1S/C12H15BrN2O3/c1-15(6-2-3-11(16)17)10-5-4-8(13)7-9(10)12(14)18/h4-5,7H,2-3,6H2,1H3,(H2,14,18)(H,16,17). The average Bonchev–Trinajstić information content (AvgIpc) is 2.28. The highest BCUT2D eigenvalue weighted by Gasteiger charge is 2.12. The number of carbonyl (C=O) groups excluding carboxylic acids is 1. The lowest BCUT2D eigenvalue weighted by Gasteiger charge is -2.21. The normalized spacial score (nSPS) is 10.1. The monoisotopic (exact) mass is 314 g/mol. The number of aliphatic carboxylic acids is 1. The largest absolute Gasteiger partial charge is 0.481 e. The summed E-state index contributed by atoms with van der Waals surface area (Å²) in [6.07, 6.45) is 0.618. The number of rotatable bonds is 6. The summed E-state index contributed by atoms with van der Waals surface area (Å²) in [5.41, 5.74) is 6.44. The molecule has 3 N–H and O–H groups in total. The van der Waals surface area contributed by atoms with E-state index in [1.54, 1.807) is 19.2 Å². The molecule has 1 aromatic carbocycles. The van der Waals surface area contributed by atoms with Crippen LogP contribution in [0, 0.1) is 0 Å². The third kappa shape index (κ3) is 4.03. The van der Waals surface area contributed by atoms with Crippen LogP contribution in [0.15, 0.2) is 22.7 Å². The van der Waals surface area contributed by atoms with Gasteiger partial charge in [0.25, 0.3) is 5.91 Å². The highest BCUT2D eigenvalue weighted by Crippen LogP contribution is 2.23. The van der Waals surface area contributed by atoms with Crippen molar-refractivity contribution in [1.29, 1.82) is 0 Å². The van der Waals surface area contributed by atoms with Crippen LogP contribution in [-0.2, 0) is 4.79 Å². The van der Waals surface area contributed by atoms with E-state index in [4.69, 9.17) is 10.8 Å². The average molecular weight is 315 g/mol. The Morgan fingerprint density at radius 1 is 1.44 bits per heavy atom. The van der Waals surface area contributed by atoms with Gasteiger partial charge in [-0.15, -0.1) is 0 Å². The van der Waals surface area contributed by atoms with Crippen molar-refractivity contribution in [3.63, 3.8) is 0 Å². The molecule has 0 atom stereocenters. The number of carboxylic acids is 1. The molecule has 0 aliphatic heterocycles. The highest BCUT2D eigenvalue weighted by atomic mass is 79.9. The number of nitrogens with zero attached hydrogens (tertiary/aromatic N) is 1. The summed E-state index contributed by atoms with van der Waals surface area (Å²) in [6, 6.07) is 5.26. The molecule has 0 spiro atoms. The number of carbonyl (C=O) groups is 2. The zero-order valence-electron chi connectivity index (χ0n) is 10.0. The number of carboxylic acid groups (broad SMARTS) is 1. The Morgan fingerprint density at radius 2 is 2.11 bits per heavy atom. The number of hydrogen-bond acceptors (Lipinski definition) is 3. The second kappa shape index (κ2) is 6.39. The number of halogens is 1. The van der Waals surface area contributed by atoms with Crippen LogP contribution in [0.1, 0.15) is 23.2 Å². The first-order valence-electron chi connectivity index (χ1n) is 5.44. The SMILES string of the molecule is CN(CCCC(=O)O)c1ccc(Br)cc1C(N)=O. The zero-order chi connectivity index (χ0) is 13.7. The van der Waals surface area contributed by atoms with Gasteiger partial charge in [-0.25, -0.2) is 0 Å². The molecule has 0 aliphatic carbocycles. The minimum atomic E-state index is -0.825. The predicted octanol–water partition coefficient (Wildman–Crippen LogP) is 1.85. The maximum absolute atomic E-state index is 11.3. The molecule has 1 aromatic rings. The molecule has 0 fully saturated rings. The van der Waals surface area contributed by atoms with E-state index in [-0.39, 0.29) is 6.42 Å². The summed E-state index contributed by atoms with van der Waals surface area (Å²) in [7, 11) is 1.80. The van der Waals surface area contributed by atoms with E-state index in [9.17, 15) is 9.59 Å². The van der Waals surface area contributed by atoms with Gasteiger partial charge in [-0.05, 0) is 24.6 Å². The van der Waals surface area contributed by atoms with E-state index in [1.165, 1.54) is 0 Å². The Labute approximate surface area is 114 Å². The second-order valence-corrected chi connectivity index (χ2v) is 4.86. The molecular formula is C12H15BrN2O3. The lowest BCUT2D eigenvalue weighted by atomic mass is 10.1. The van der Waals surface area contributed by atoms with Gasteiger partial charge in [-0.1, -0.05) is 15.9 Å².